The van der Waals surface area contributed by atoms with E-state index >= 15 is 0 Å². The Hall–Kier alpha value is -1.30. The molecule has 0 saturated heterocycles. The van der Waals surface area contributed by atoms with Crippen molar-refractivity contribution in [3.8, 4) is 0 Å². The summed E-state index contributed by atoms with van der Waals surface area (Å²) in [6, 6.07) is 10.2. The fourth-order valence-electron chi connectivity index (χ4n) is 2.19. The van der Waals surface area contributed by atoms with Crippen molar-refractivity contribution in [2.45, 2.75) is 13.1 Å². The minimum Gasteiger partial charge on any atom is -0.467 e. The number of hydrogen-bond acceptors (Lipinski definition) is 4. The van der Waals surface area contributed by atoms with Gasteiger partial charge in [0.1, 0.15) is 5.76 Å². The number of ether oxygens (including phenoxy) is 1. The molecule has 0 aliphatic carbocycles. The third kappa shape index (κ3) is 4.88. The maximum atomic E-state index is 5.42. The minimum atomic E-state index is 0.714. The fourth-order valence-corrected chi connectivity index (χ4v) is 2.60. The van der Waals surface area contributed by atoms with Gasteiger partial charge in [-0.3, -0.25) is 0 Å². The Morgan fingerprint density at radius 2 is 2.19 bits per heavy atom. The number of halogens is 1. The monoisotopic (exact) mass is 352 g/mol. The Bertz CT molecular complexity index is 543. The van der Waals surface area contributed by atoms with Gasteiger partial charge in [-0.05, 0) is 35.9 Å². The highest BCUT2D eigenvalue weighted by Gasteiger charge is 2.10. The molecule has 4 nitrogen and oxygen atoms in total. The molecule has 0 amide bonds. The van der Waals surface area contributed by atoms with E-state index in [0.29, 0.717) is 6.61 Å². The number of methoxy groups -OCH3 is 1. The summed E-state index contributed by atoms with van der Waals surface area (Å²) in [5, 5.41) is 3.39. The number of nitrogens with one attached hydrogen (secondary N) is 1. The first-order valence-electron chi connectivity index (χ1n) is 6.92. The second-order valence-electron chi connectivity index (χ2n) is 4.88. The topological polar surface area (TPSA) is 37.6 Å². The molecule has 1 N–H and O–H groups in total. The number of furan rings is 1. The molecule has 0 bridgehead atoms. The van der Waals surface area contributed by atoms with Crippen LogP contribution >= 0.6 is 15.9 Å². The molecule has 2 rings (SSSR count). The number of nitrogens with zero attached hydrogens (tertiary/aromatic N) is 1. The van der Waals surface area contributed by atoms with Gasteiger partial charge < -0.3 is 19.4 Å². The molecular weight excluding hydrogens is 332 g/mol. The van der Waals surface area contributed by atoms with Gasteiger partial charge in [0.2, 0.25) is 0 Å². The van der Waals surface area contributed by atoms with E-state index in [0.717, 1.165) is 29.9 Å². The molecule has 0 atom stereocenters. The van der Waals surface area contributed by atoms with Gasteiger partial charge in [0, 0.05) is 37.4 Å². The summed E-state index contributed by atoms with van der Waals surface area (Å²) >= 11 is 3.54. The molecule has 0 unspecified atom stereocenters. The number of anilines is 1. The van der Waals surface area contributed by atoms with Gasteiger partial charge in [-0.15, -0.1) is 0 Å². The molecule has 1 heterocycles. The molecule has 0 radical (unpaired) electrons. The molecule has 114 valence electrons. The van der Waals surface area contributed by atoms with E-state index in [1.807, 2.05) is 12.1 Å². The van der Waals surface area contributed by atoms with E-state index in [4.69, 9.17) is 9.15 Å². The van der Waals surface area contributed by atoms with Crippen LogP contribution in [0.15, 0.2) is 45.5 Å². The second-order valence-corrected chi connectivity index (χ2v) is 5.79. The van der Waals surface area contributed by atoms with E-state index in [1.54, 1.807) is 13.4 Å². The van der Waals surface area contributed by atoms with E-state index in [9.17, 15) is 0 Å². The summed E-state index contributed by atoms with van der Waals surface area (Å²) in [7, 11) is 3.79. The molecular formula is C16H21BrN2O2. The molecule has 0 aliphatic heterocycles. The third-order valence-corrected chi connectivity index (χ3v) is 3.72. The lowest BCUT2D eigenvalue weighted by molar-refractivity contribution is 0.199. The predicted molar refractivity (Wildman–Crippen MR) is 88.5 cm³/mol. The van der Waals surface area contributed by atoms with E-state index in [-0.39, 0.29) is 0 Å². The van der Waals surface area contributed by atoms with Crippen molar-refractivity contribution in [3.63, 3.8) is 0 Å². The maximum Gasteiger partial charge on any atom is 0.123 e. The zero-order valence-corrected chi connectivity index (χ0v) is 14.0. The molecule has 21 heavy (non-hydrogen) atoms. The third-order valence-electron chi connectivity index (χ3n) is 3.22. The largest absolute Gasteiger partial charge is 0.467 e. The molecule has 0 aliphatic rings. The van der Waals surface area contributed by atoms with Gasteiger partial charge in [-0.25, -0.2) is 0 Å². The molecule has 1 aromatic carbocycles. The Labute approximate surface area is 134 Å². The van der Waals surface area contributed by atoms with Crippen LogP contribution in [0.1, 0.15) is 11.3 Å². The first-order chi connectivity index (χ1) is 10.2. The molecule has 0 fully saturated rings. The van der Waals surface area contributed by atoms with Crippen molar-refractivity contribution in [1.82, 2.24) is 5.32 Å². The zero-order chi connectivity index (χ0) is 15.1. The number of hydrogen-bond donors (Lipinski definition) is 1. The second kappa shape index (κ2) is 8.22. The summed E-state index contributed by atoms with van der Waals surface area (Å²) in [5.41, 5.74) is 2.44. The van der Waals surface area contributed by atoms with Gasteiger partial charge in [0.05, 0.1) is 19.4 Å². The van der Waals surface area contributed by atoms with Gasteiger partial charge >= 0.3 is 0 Å². The fraction of sp³-hybridized carbons (Fsp3) is 0.375. The van der Waals surface area contributed by atoms with Gasteiger partial charge in [-0.2, -0.15) is 0 Å². The Morgan fingerprint density at radius 1 is 1.33 bits per heavy atom. The quantitative estimate of drug-likeness (QED) is 0.738. The average molecular weight is 353 g/mol. The predicted octanol–water partition coefficient (Wildman–Crippen LogP) is 3.41. The smallest absolute Gasteiger partial charge is 0.123 e. The Balaban J connectivity index is 2.06. The van der Waals surface area contributed by atoms with Crippen molar-refractivity contribution < 1.29 is 9.15 Å². The molecule has 2 aromatic rings. The molecule has 0 spiro atoms. The van der Waals surface area contributed by atoms with Crippen LogP contribution in [0.4, 0.5) is 5.69 Å². The number of benzene rings is 1. The summed E-state index contributed by atoms with van der Waals surface area (Å²) < 4.78 is 11.6. The summed E-state index contributed by atoms with van der Waals surface area (Å²) in [6.45, 7) is 3.11. The standard InChI is InChI=1S/C16H21BrN2O2/c1-19(12-15-4-3-8-21-15)16-6-5-14(17)10-13(16)11-18-7-9-20-2/h3-6,8,10,18H,7,9,11-12H2,1-2H3. The lowest BCUT2D eigenvalue weighted by Gasteiger charge is -2.22. The van der Waals surface area contributed by atoms with Gasteiger partial charge in [-0.1, -0.05) is 15.9 Å². The van der Waals surface area contributed by atoms with Crippen molar-refractivity contribution in [1.29, 1.82) is 0 Å². The van der Waals surface area contributed by atoms with Crippen LogP contribution in [0.3, 0.4) is 0 Å². The number of rotatable bonds is 8. The highest BCUT2D eigenvalue weighted by Crippen LogP contribution is 2.25. The maximum absolute atomic E-state index is 5.42. The minimum absolute atomic E-state index is 0.714. The van der Waals surface area contributed by atoms with E-state index < -0.39 is 0 Å². The Kier molecular flexibility index (Phi) is 6.29. The summed E-state index contributed by atoms with van der Waals surface area (Å²) in [5.74, 6) is 0.957. The lowest BCUT2D eigenvalue weighted by atomic mass is 10.1. The SMILES string of the molecule is COCCNCc1cc(Br)ccc1N(C)Cc1ccco1. The van der Waals surface area contributed by atoms with Gasteiger partial charge in [0.15, 0.2) is 0 Å². The van der Waals surface area contributed by atoms with Crippen LogP contribution in [0.2, 0.25) is 0 Å². The Morgan fingerprint density at radius 3 is 2.90 bits per heavy atom. The van der Waals surface area contributed by atoms with Crippen LogP contribution in [-0.4, -0.2) is 27.3 Å². The van der Waals surface area contributed by atoms with Crippen LogP contribution in [-0.2, 0) is 17.8 Å². The van der Waals surface area contributed by atoms with Crippen molar-refractivity contribution in [2.75, 3.05) is 32.2 Å². The molecule has 1 aromatic heterocycles. The highest BCUT2D eigenvalue weighted by molar-refractivity contribution is 9.10. The van der Waals surface area contributed by atoms with Crippen molar-refractivity contribution in [2.24, 2.45) is 0 Å². The summed E-state index contributed by atoms with van der Waals surface area (Å²) in [4.78, 5) is 2.19. The average Bonchev–Trinajstić information content (AvgIpc) is 2.96. The van der Waals surface area contributed by atoms with E-state index in [1.165, 1.54) is 11.3 Å². The van der Waals surface area contributed by atoms with Crippen LogP contribution < -0.4 is 10.2 Å². The van der Waals surface area contributed by atoms with Crippen LogP contribution in [0.5, 0.6) is 0 Å². The van der Waals surface area contributed by atoms with Gasteiger partial charge in [0.25, 0.3) is 0 Å². The van der Waals surface area contributed by atoms with Crippen molar-refractivity contribution >= 4 is 21.6 Å². The first-order valence-corrected chi connectivity index (χ1v) is 7.71. The highest BCUT2D eigenvalue weighted by atomic mass is 79.9. The molecule has 0 saturated carbocycles. The van der Waals surface area contributed by atoms with E-state index in [2.05, 4.69) is 51.4 Å². The zero-order valence-electron chi connectivity index (χ0n) is 12.4. The molecule has 5 heteroatoms. The van der Waals surface area contributed by atoms with Crippen LogP contribution in [0.25, 0.3) is 0 Å². The lowest BCUT2D eigenvalue weighted by Crippen LogP contribution is -2.22. The first kappa shape index (κ1) is 16.1. The van der Waals surface area contributed by atoms with Crippen LogP contribution in [0, 0.1) is 0 Å². The normalized spacial score (nSPS) is 10.8. The summed E-state index contributed by atoms with van der Waals surface area (Å²) in [6.07, 6.45) is 1.71. The van der Waals surface area contributed by atoms with Crippen molar-refractivity contribution in [3.05, 3.63) is 52.4 Å².